The van der Waals surface area contributed by atoms with Crippen LogP contribution in [0.15, 0.2) is 18.5 Å². The second-order valence-electron chi connectivity index (χ2n) is 5.86. The predicted molar refractivity (Wildman–Crippen MR) is 78.1 cm³/mol. The van der Waals surface area contributed by atoms with Gasteiger partial charge >= 0.3 is 0 Å². The molecule has 3 nitrogen and oxygen atoms in total. The molecule has 1 fully saturated rings. The third-order valence-electron chi connectivity index (χ3n) is 4.45. The summed E-state index contributed by atoms with van der Waals surface area (Å²) >= 11 is 0. The Morgan fingerprint density at radius 3 is 2.95 bits per heavy atom. The maximum Gasteiger partial charge on any atom is 0.137 e. The van der Waals surface area contributed by atoms with Gasteiger partial charge in [0.1, 0.15) is 5.75 Å². The van der Waals surface area contributed by atoms with Gasteiger partial charge in [-0.15, -0.1) is 0 Å². The number of hydrogen-bond acceptors (Lipinski definition) is 3. The molecule has 0 spiro atoms. The number of methoxy groups -OCH3 is 1. The van der Waals surface area contributed by atoms with E-state index in [-0.39, 0.29) is 5.54 Å². The molecule has 1 aromatic rings. The highest BCUT2D eigenvalue weighted by molar-refractivity contribution is 5.29. The first-order valence-electron chi connectivity index (χ1n) is 7.46. The van der Waals surface area contributed by atoms with Gasteiger partial charge < -0.3 is 10.5 Å². The summed E-state index contributed by atoms with van der Waals surface area (Å²) in [6, 6.07) is 2.05. The Kier molecular flexibility index (Phi) is 4.81. The molecule has 2 rings (SSSR count). The van der Waals surface area contributed by atoms with Crippen LogP contribution < -0.4 is 10.5 Å². The van der Waals surface area contributed by atoms with Gasteiger partial charge in [-0.2, -0.15) is 0 Å². The third-order valence-corrected chi connectivity index (χ3v) is 4.45. The lowest BCUT2D eigenvalue weighted by Crippen LogP contribution is -2.36. The zero-order chi connectivity index (χ0) is 13.7. The van der Waals surface area contributed by atoms with Gasteiger partial charge in [-0.3, -0.25) is 4.98 Å². The van der Waals surface area contributed by atoms with Crippen LogP contribution in [-0.4, -0.2) is 12.1 Å². The van der Waals surface area contributed by atoms with Crippen molar-refractivity contribution in [2.75, 3.05) is 7.11 Å². The summed E-state index contributed by atoms with van der Waals surface area (Å²) in [6.45, 7) is 2.27. The Labute approximate surface area is 116 Å². The van der Waals surface area contributed by atoms with E-state index in [9.17, 15) is 0 Å². The van der Waals surface area contributed by atoms with Gasteiger partial charge in [-0.25, -0.2) is 0 Å². The fourth-order valence-corrected chi connectivity index (χ4v) is 3.23. The average molecular weight is 262 g/mol. The first kappa shape index (κ1) is 14.3. The molecule has 2 atom stereocenters. The van der Waals surface area contributed by atoms with Crippen molar-refractivity contribution in [3.8, 4) is 5.75 Å². The van der Waals surface area contributed by atoms with E-state index >= 15 is 0 Å². The van der Waals surface area contributed by atoms with Crippen molar-refractivity contribution in [3.63, 3.8) is 0 Å². The van der Waals surface area contributed by atoms with Crippen molar-refractivity contribution in [3.05, 3.63) is 24.0 Å². The van der Waals surface area contributed by atoms with E-state index in [2.05, 4.69) is 11.9 Å². The van der Waals surface area contributed by atoms with E-state index < -0.39 is 0 Å². The molecule has 0 aromatic carbocycles. The lowest BCUT2D eigenvalue weighted by atomic mass is 9.84. The Morgan fingerprint density at radius 1 is 1.37 bits per heavy atom. The average Bonchev–Trinajstić information content (AvgIpc) is 2.63. The smallest absolute Gasteiger partial charge is 0.137 e. The van der Waals surface area contributed by atoms with Crippen LogP contribution in [-0.2, 0) is 5.54 Å². The summed E-state index contributed by atoms with van der Waals surface area (Å²) in [4.78, 5) is 4.26. The normalized spacial score (nSPS) is 27.8. The molecule has 1 heterocycles. The fraction of sp³-hybridized carbons (Fsp3) is 0.688. The summed E-state index contributed by atoms with van der Waals surface area (Å²) < 4.78 is 5.26. The van der Waals surface area contributed by atoms with Crippen molar-refractivity contribution >= 4 is 0 Å². The van der Waals surface area contributed by atoms with Crippen LogP contribution in [0.2, 0.25) is 0 Å². The Balaban J connectivity index is 2.12. The van der Waals surface area contributed by atoms with Crippen LogP contribution in [0.1, 0.15) is 57.4 Å². The summed E-state index contributed by atoms with van der Waals surface area (Å²) in [5.41, 5.74) is 7.58. The summed E-state index contributed by atoms with van der Waals surface area (Å²) in [5.74, 6) is 1.66. The van der Waals surface area contributed by atoms with Crippen molar-refractivity contribution in [1.82, 2.24) is 4.98 Å². The van der Waals surface area contributed by atoms with Gasteiger partial charge in [0, 0.05) is 11.7 Å². The standard InChI is InChI=1S/C16H26N2O/c1-3-5-13-6-4-8-16(17,9-7-13)14-10-15(19-2)12-18-11-14/h10-13H,3-9,17H2,1-2H3. The van der Waals surface area contributed by atoms with Gasteiger partial charge in [0.15, 0.2) is 0 Å². The van der Waals surface area contributed by atoms with Crippen LogP contribution in [0.4, 0.5) is 0 Å². The van der Waals surface area contributed by atoms with E-state index in [4.69, 9.17) is 10.5 Å². The van der Waals surface area contributed by atoms with Crippen molar-refractivity contribution < 1.29 is 4.74 Å². The zero-order valence-corrected chi connectivity index (χ0v) is 12.2. The van der Waals surface area contributed by atoms with Crippen LogP contribution in [0.3, 0.4) is 0 Å². The minimum absolute atomic E-state index is 0.218. The third kappa shape index (κ3) is 3.47. The van der Waals surface area contributed by atoms with Gasteiger partial charge in [-0.05, 0) is 36.8 Å². The number of ether oxygens (including phenoxy) is 1. The van der Waals surface area contributed by atoms with Crippen molar-refractivity contribution in [2.24, 2.45) is 11.7 Å². The first-order valence-corrected chi connectivity index (χ1v) is 7.46. The Hall–Kier alpha value is -1.09. The van der Waals surface area contributed by atoms with Crippen LogP contribution in [0.5, 0.6) is 5.75 Å². The van der Waals surface area contributed by atoms with Crippen LogP contribution in [0, 0.1) is 5.92 Å². The highest BCUT2D eigenvalue weighted by Gasteiger charge is 2.31. The van der Waals surface area contributed by atoms with Gasteiger partial charge in [0.25, 0.3) is 0 Å². The number of aromatic nitrogens is 1. The summed E-state index contributed by atoms with van der Waals surface area (Å²) in [7, 11) is 1.67. The molecule has 3 heteroatoms. The Morgan fingerprint density at radius 2 is 2.21 bits per heavy atom. The maximum atomic E-state index is 6.67. The highest BCUT2D eigenvalue weighted by Crippen LogP contribution is 2.37. The number of hydrogen-bond donors (Lipinski definition) is 1. The molecule has 0 aliphatic heterocycles. The van der Waals surface area contributed by atoms with E-state index in [0.717, 1.165) is 30.1 Å². The second-order valence-corrected chi connectivity index (χ2v) is 5.86. The molecule has 1 aliphatic rings. The molecule has 2 unspecified atom stereocenters. The number of pyridine rings is 1. The summed E-state index contributed by atoms with van der Waals surface area (Å²) in [5, 5.41) is 0. The van der Waals surface area contributed by atoms with Gasteiger partial charge in [-0.1, -0.05) is 32.6 Å². The molecule has 106 valence electrons. The lowest BCUT2D eigenvalue weighted by molar-refractivity contribution is 0.361. The van der Waals surface area contributed by atoms with Crippen molar-refractivity contribution in [1.29, 1.82) is 0 Å². The molecule has 1 saturated carbocycles. The van der Waals surface area contributed by atoms with Crippen molar-refractivity contribution in [2.45, 2.75) is 57.4 Å². The topological polar surface area (TPSA) is 48.1 Å². The molecule has 1 aliphatic carbocycles. The van der Waals surface area contributed by atoms with Crippen LogP contribution in [0.25, 0.3) is 0 Å². The van der Waals surface area contributed by atoms with Gasteiger partial charge in [0.2, 0.25) is 0 Å². The minimum Gasteiger partial charge on any atom is -0.495 e. The monoisotopic (exact) mass is 262 g/mol. The molecular weight excluding hydrogens is 236 g/mol. The molecule has 1 aromatic heterocycles. The maximum absolute atomic E-state index is 6.67. The molecule has 2 N–H and O–H groups in total. The number of rotatable bonds is 4. The first-order chi connectivity index (χ1) is 9.18. The molecule has 0 radical (unpaired) electrons. The SMILES string of the molecule is CCCC1CCCC(N)(c2cncc(OC)c2)CC1. The largest absolute Gasteiger partial charge is 0.495 e. The van der Waals surface area contributed by atoms with Gasteiger partial charge in [0.05, 0.1) is 13.3 Å². The van der Waals surface area contributed by atoms with E-state index in [0.29, 0.717) is 0 Å². The number of nitrogens with zero attached hydrogens (tertiary/aromatic N) is 1. The molecule has 0 bridgehead atoms. The minimum atomic E-state index is -0.218. The number of nitrogens with two attached hydrogens (primary N) is 1. The summed E-state index contributed by atoms with van der Waals surface area (Å²) in [6.07, 6.45) is 12.2. The fourth-order valence-electron chi connectivity index (χ4n) is 3.23. The molecular formula is C16H26N2O. The lowest BCUT2D eigenvalue weighted by Gasteiger charge is -2.28. The molecule has 0 saturated heterocycles. The molecule has 0 amide bonds. The molecule has 19 heavy (non-hydrogen) atoms. The van der Waals surface area contributed by atoms with E-state index in [1.807, 2.05) is 12.3 Å². The predicted octanol–water partition coefficient (Wildman–Crippen LogP) is 3.62. The van der Waals surface area contributed by atoms with Crippen LogP contribution >= 0.6 is 0 Å². The van der Waals surface area contributed by atoms with E-state index in [1.165, 1.54) is 32.1 Å². The zero-order valence-electron chi connectivity index (χ0n) is 12.2. The second kappa shape index (κ2) is 6.38. The van der Waals surface area contributed by atoms with E-state index in [1.54, 1.807) is 13.3 Å². The quantitative estimate of drug-likeness (QED) is 0.843. The highest BCUT2D eigenvalue weighted by atomic mass is 16.5. The Bertz CT molecular complexity index is 407.